The summed E-state index contributed by atoms with van der Waals surface area (Å²) in [5.41, 5.74) is 4.95. The van der Waals surface area contributed by atoms with Crippen molar-refractivity contribution in [3.05, 3.63) is 83.9 Å². The minimum atomic E-state index is -0.498. The van der Waals surface area contributed by atoms with Gasteiger partial charge < -0.3 is 10.6 Å². The van der Waals surface area contributed by atoms with E-state index in [9.17, 15) is 9.59 Å². The molecule has 1 aliphatic heterocycles. The van der Waals surface area contributed by atoms with Crippen molar-refractivity contribution >= 4 is 11.8 Å². The van der Waals surface area contributed by atoms with Gasteiger partial charge in [0.05, 0.1) is 36.6 Å². The van der Waals surface area contributed by atoms with Crippen LogP contribution in [0.15, 0.2) is 67.0 Å². The van der Waals surface area contributed by atoms with E-state index in [-0.39, 0.29) is 18.2 Å². The summed E-state index contributed by atoms with van der Waals surface area (Å²) in [6, 6.07) is 18.1. The number of piperazine rings is 1. The van der Waals surface area contributed by atoms with Gasteiger partial charge in [0.15, 0.2) is 0 Å². The first-order valence-corrected chi connectivity index (χ1v) is 10.8. The van der Waals surface area contributed by atoms with Gasteiger partial charge in [0, 0.05) is 25.8 Å². The van der Waals surface area contributed by atoms with Crippen LogP contribution >= 0.6 is 0 Å². The van der Waals surface area contributed by atoms with Crippen molar-refractivity contribution < 1.29 is 9.59 Å². The molecule has 32 heavy (non-hydrogen) atoms. The molecule has 1 saturated heterocycles. The van der Waals surface area contributed by atoms with Crippen molar-refractivity contribution in [2.45, 2.75) is 32.5 Å². The van der Waals surface area contributed by atoms with Crippen molar-refractivity contribution in [1.29, 1.82) is 0 Å². The van der Waals surface area contributed by atoms with Gasteiger partial charge in [-0.3, -0.25) is 24.5 Å². The Hall–Kier alpha value is -3.58. The quantitative estimate of drug-likeness (QED) is 0.603. The zero-order valence-electron chi connectivity index (χ0n) is 18.1. The molecule has 4 rings (SSSR count). The first-order valence-electron chi connectivity index (χ1n) is 10.8. The molecule has 0 saturated carbocycles. The molecular formula is C25H27N5O2. The SMILES string of the molecule is Cc1cnc(CNC(=O)C[C@@H]2C(=O)NCCN2Cc2ccc(-c3ccccc3)cc2)cn1. The van der Waals surface area contributed by atoms with E-state index < -0.39 is 6.04 Å². The van der Waals surface area contributed by atoms with Crippen LogP contribution in [0.4, 0.5) is 0 Å². The lowest BCUT2D eigenvalue weighted by Gasteiger charge is -2.34. The highest BCUT2D eigenvalue weighted by Crippen LogP contribution is 2.21. The van der Waals surface area contributed by atoms with E-state index >= 15 is 0 Å². The van der Waals surface area contributed by atoms with Gasteiger partial charge >= 0.3 is 0 Å². The van der Waals surface area contributed by atoms with Crippen LogP contribution in [0.2, 0.25) is 0 Å². The van der Waals surface area contributed by atoms with Crippen molar-refractivity contribution in [3.63, 3.8) is 0 Å². The molecule has 2 N–H and O–H groups in total. The molecule has 7 heteroatoms. The van der Waals surface area contributed by atoms with Crippen LogP contribution in [0.5, 0.6) is 0 Å². The lowest BCUT2D eigenvalue weighted by atomic mass is 10.0. The van der Waals surface area contributed by atoms with E-state index in [0.29, 0.717) is 31.9 Å². The van der Waals surface area contributed by atoms with Gasteiger partial charge in [0.2, 0.25) is 11.8 Å². The number of carbonyl (C=O) groups excluding carboxylic acids is 2. The molecule has 0 spiro atoms. The Bertz CT molecular complexity index is 1050. The van der Waals surface area contributed by atoms with Gasteiger partial charge in [-0.1, -0.05) is 54.6 Å². The lowest BCUT2D eigenvalue weighted by molar-refractivity contribution is -0.134. The van der Waals surface area contributed by atoms with E-state index in [1.807, 2.05) is 25.1 Å². The van der Waals surface area contributed by atoms with Crippen LogP contribution < -0.4 is 10.6 Å². The summed E-state index contributed by atoms with van der Waals surface area (Å²) in [4.78, 5) is 35.6. The first-order chi connectivity index (χ1) is 15.6. The predicted octanol–water partition coefficient (Wildman–Crippen LogP) is 2.46. The van der Waals surface area contributed by atoms with Crippen LogP contribution in [0.1, 0.15) is 23.4 Å². The molecule has 1 aliphatic rings. The topological polar surface area (TPSA) is 87.2 Å². The van der Waals surface area contributed by atoms with Gasteiger partial charge in [0.1, 0.15) is 0 Å². The number of amides is 2. The molecule has 1 atom stereocenters. The van der Waals surface area contributed by atoms with Crippen LogP contribution in [-0.2, 0) is 22.7 Å². The summed E-state index contributed by atoms with van der Waals surface area (Å²) in [5, 5.41) is 5.73. The second-order valence-electron chi connectivity index (χ2n) is 7.97. The largest absolute Gasteiger partial charge is 0.353 e. The zero-order valence-corrected chi connectivity index (χ0v) is 18.1. The van der Waals surface area contributed by atoms with E-state index in [0.717, 1.165) is 16.8 Å². The number of hydrogen-bond acceptors (Lipinski definition) is 5. The van der Waals surface area contributed by atoms with Gasteiger partial charge in [-0.15, -0.1) is 0 Å². The molecular weight excluding hydrogens is 402 g/mol. The molecule has 164 valence electrons. The summed E-state index contributed by atoms with van der Waals surface area (Å²) in [7, 11) is 0. The minimum absolute atomic E-state index is 0.104. The third-order valence-electron chi connectivity index (χ3n) is 5.57. The monoisotopic (exact) mass is 429 g/mol. The lowest BCUT2D eigenvalue weighted by Crippen LogP contribution is -2.56. The maximum Gasteiger partial charge on any atom is 0.237 e. The first kappa shape index (κ1) is 21.6. The molecule has 1 fully saturated rings. The Labute approximate surface area is 187 Å². The smallest absolute Gasteiger partial charge is 0.237 e. The number of hydrogen-bond donors (Lipinski definition) is 2. The van der Waals surface area contributed by atoms with Crippen LogP contribution in [0.3, 0.4) is 0 Å². The Balaban J connectivity index is 1.37. The Morgan fingerprint density at radius 3 is 2.53 bits per heavy atom. The van der Waals surface area contributed by atoms with E-state index in [2.05, 4.69) is 61.9 Å². The molecule has 7 nitrogen and oxygen atoms in total. The van der Waals surface area contributed by atoms with Gasteiger partial charge in [-0.05, 0) is 23.6 Å². The van der Waals surface area contributed by atoms with E-state index in [4.69, 9.17) is 0 Å². The number of aromatic nitrogens is 2. The molecule has 3 aromatic rings. The van der Waals surface area contributed by atoms with Gasteiger partial charge in [-0.2, -0.15) is 0 Å². The molecule has 0 bridgehead atoms. The standard InChI is InChI=1S/C25H27N5O2/c1-18-14-28-22(15-27-18)16-29-24(31)13-23-25(32)26-11-12-30(23)17-19-7-9-21(10-8-19)20-5-3-2-4-6-20/h2-10,14-15,23H,11-13,16-17H2,1H3,(H,26,32)(H,29,31)/t23-/m1/s1. The molecule has 2 amide bonds. The average molecular weight is 430 g/mol. The third kappa shape index (κ3) is 5.56. The van der Waals surface area contributed by atoms with Crippen molar-refractivity contribution in [1.82, 2.24) is 25.5 Å². The zero-order chi connectivity index (χ0) is 22.3. The number of aryl methyl sites for hydroxylation is 1. The van der Waals surface area contributed by atoms with E-state index in [1.54, 1.807) is 12.4 Å². The maximum absolute atomic E-state index is 12.5. The summed E-state index contributed by atoms with van der Waals surface area (Å²) in [6.45, 7) is 4.05. The summed E-state index contributed by atoms with van der Waals surface area (Å²) >= 11 is 0. The minimum Gasteiger partial charge on any atom is -0.353 e. The fraction of sp³-hybridized carbons (Fsp3) is 0.280. The normalized spacial score (nSPS) is 16.4. The molecule has 0 unspecified atom stereocenters. The summed E-state index contributed by atoms with van der Waals surface area (Å²) in [5.74, 6) is -0.290. The number of rotatable bonds is 7. The van der Waals surface area contributed by atoms with Crippen LogP contribution in [-0.4, -0.2) is 45.8 Å². The second-order valence-corrected chi connectivity index (χ2v) is 7.97. The van der Waals surface area contributed by atoms with Crippen molar-refractivity contribution in [2.24, 2.45) is 0 Å². The molecule has 0 radical (unpaired) electrons. The Morgan fingerprint density at radius 1 is 1.06 bits per heavy atom. The molecule has 0 aliphatic carbocycles. The highest BCUT2D eigenvalue weighted by molar-refractivity contribution is 5.88. The van der Waals surface area contributed by atoms with Gasteiger partial charge in [0.25, 0.3) is 0 Å². The summed E-state index contributed by atoms with van der Waals surface area (Å²) in [6.07, 6.45) is 3.42. The number of nitrogens with zero attached hydrogens (tertiary/aromatic N) is 3. The number of nitrogens with one attached hydrogen (secondary N) is 2. The Kier molecular flexibility index (Phi) is 6.87. The maximum atomic E-state index is 12.5. The van der Waals surface area contributed by atoms with Crippen molar-refractivity contribution in [3.8, 4) is 11.1 Å². The third-order valence-corrected chi connectivity index (χ3v) is 5.57. The highest BCUT2D eigenvalue weighted by atomic mass is 16.2. The Morgan fingerprint density at radius 2 is 1.81 bits per heavy atom. The average Bonchev–Trinajstić information content (AvgIpc) is 2.82. The number of carbonyl (C=O) groups is 2. The van der Waals surface area contributed by atoms with Crippen LogP contribution in [0.25, 0.3) is 11.1 Å². The predicted molar refractivity (Wildman–Crippen MR) is 122 cm³/mol. The number of benzene rings is 2. The summed E-state index contributed by atoms with van der Waals surface area (Å²) < 4.78 is 0. The molecule has 2 heterocycles. The van der Waals surface area contributed by atoms with Gasteiger partial charge in [-0.25, -0.2) is 0 Å². The van der Waals surface area contributed by atoms with E-state index in [1.165, 1.54) is 5.56 Å². The fourth-order valence-electron chi connectivity index (χ4n) is 3.79. The van der Waals surface area contributed by atoms with Crippen LogP contribution in [0, 0.1) is 6.92 Å². The van der Waals surface area contributed by atoms with Crippen molar-refractivity contribution in [2.75, 3.05) is 13.1 Å². The highest BCUT2D eigenvalue weighted by Gasteiger charge is 2.31. The fourth-order valence-corrected chi connectivity index (χ4v) is 3.79. The molecule has 2 aromatic carbocycles. The second kappa shape index (κ2) is 10.2. The molecule has 1 aromatic heterocycles.